The summed E-state index contributed by atoms with van der Waals surface area (Å²) in [5.74, 6) is 0.574. The van der Waals surface area contributed by atoms with Gasteiger partial charge in [0, 0.05) is 25.7 Å². The fourth-order valence-electron chi connectivity index (χ4n) is 3.52. The summed E-state index contributed by atoms with van der Waals surface area (Å²) in [6.07, 6.45) is 3.11. The van der Waals surface area contributed by atoms with E-state index in [4.69, 9.17) is 0 Å². The number of carbonyl (C=O) groups excluding carboxylic acids is 1. The molecule has 1 aromatic carbocycles. The second-order valence-corrected chi connectivity index (χ2v) is 6.36. The Balaban J connectivity index is 0.00000192. The van der Waals surface area contributed by atoms with Crippen molar-refractivity contribution in [3.63, 3.8) is 0 Å². The molecule has 2 aliphatic rings. The van der Waals surface area contributed by atoms with Crippen molar-refractivity contribution < 1.29 is 9.18 Å². The van der Waals surface area contributed by atoms with E-state index >= 15 is 0 Å². The molecule has 2 fully saturated rings. The van der Waals surface area contributed by atoms with Gasteiger partial charge in [-0.1, -0.05) is 12.1 Å². The maximum atomic E-state index is 12.8. The molecular formula is C17H25ClFN3O. The molecule has 2 atom stereocenters. The topological polar surface area (TPSA) is 44.4 Å². The standard InChI is InChI=1S/C17H24FN3O.ClH/c18-15-3-1-13(2-4-15)5-8-20-17(22)12-21-10-7-16-14(11-21)6-9-19-16;/h1-4,14,16,19H,5-12H2,(H,20,22);1H. The van der Waals surface area contributed by atoms with Crippen molar-refractivity contribution >= 4 is 18.3 Å². The molecule has 6 heteroatoms. The first kappa shape index (κ1) is 18.2. The van der Waals surface area contributed by atoms with Gasteiger partial charge in [0.25, 0.3) is 0 Å². The number of halogens is 2. The van der Waals surface area contributed by atoms with Gasteiger partial charge in [-0.15, -0.1) is 12.4 Å². The van der Waals surface area contributed by atoms with Gasteiger partial charge in [-0.3, -0.25) is 9.69 Å². The van der Waals surface area contributed by atoms with Crippen LogP contribution < -0.4 is 10.6 Å². The highest BCUT2D eigenvalue weighted by atomic mass is 35.5. The Morgan fingerprint density at radius 2 is 2.09 bits per heavy atom. The van der Waals surface area contributed by atoms with Crippen molar-refractivity contribution in [1.29, 1.82) is 0 Å². The number of piperidine rings is 1. The number of carbonyl (C=O) groups is 1. The molecule has 0 radical (unpaired) electrons. The minimum atomic E-state index is -0.224. The summed E-state index contributed by atoms with van der Waals surface area (Å²) in [5, 5.41) is 6.50. The number of hydrogen-bond donors (Lipinski definition) is 2. The highest BCUT2D eigenvalue weighted by molar-refractivity contribution is 5.85. The fourth-order valence-corrected chi connectivity index (χ4v) is 3.52. The number of benzene rings is 1. The van der Waals surface area contributed by atoms with Crippen molar-refractivity contribution in [1.82, 2.24) is 15.5 Å². The number of amides is 1. The molecule has 1 amide bonds. The Kier molecular flexibility index (Phi) is 6.81. The lowest BCUT2D eigenvalue weighted by Gasteiger charge is -2.34. The Morgan fingerprint density at radius 1 is 1.30 bits per heavy atom. The van der Waals surface area contributed by atoms with E-state index in [1.54, 1.807) is 12.1 Å². The van der Waals surface area contributed by atoms with E-state index < -0.39 is 0 Å². The van der Waals surface area contributed by atoms with Gasteiger partial charge in [0.15, 0.2) is 0 Å². The SMILES string of the molecule is Cl.O=C(CN1CCC2NCCC2C1)NCCc1ccc(F)cc1. The van der Waals surface area contributed by atoms with E-state index in [9.17, 15) is 9.18 Å². The first-order chi connectivity index (χ1) is 10.7. The largest absolute Gasteiger partial charge is 0.355 e. The van der Waals surface area contributed by atoms with Gasteiger partial charge in [-0.25, -0.2) is 4.39 Å². The molecule has 2 N–H and O–H groups in total. The predicted octanol–water partition coefficient (Wildman–Crippen LogP) is 1.59. The van der Waals surface area contributed by atoms with Crippen LogP contribution in [0.25, 0.3) is 0 Å². The molecule has 3 rings (SSSR count). The van der Waals surface area contributed by atoms with E-state index in [-0.39, 0.29) is 24.1 Å². The number of fused-ring (bicyclic) bond motifs is 1. The first-order valence-corrected chi connectivity index (χ1v) is 8.17. The maximum Gasteiger partial charge on any atom is 0.234 e. The molecule has 2 saturated heterocycles. The van der Waals surface area contributed by atoms with Crippen molar-refractivity contribution in [2.45, 2.75) is 25.3 Å². The lowest BCUT2D eigenvalue weighted by molar-refractivity contribution is -0.122. The fraction of sp³-hybridized carbons (Fsp3) is 0.588. The Hall–Kier alpha value is -1.17. The Bertz CT molecular complexity index is 511. The van der Waals surface area contributed by atoms with Crippen LogP contribution in [0.5, 0.6) is 0 Å². The molecule has 0 aliphatic carbocycles. The lowest BCUT2D eigenvalue weighted by atomic mass is 9.93. The number of hydrogen-bond acceptors (Lipinski definition) is 3. The highest BCUT2D eigenvalue weighted by Gasteiger charge is 2.32. The van der Waals surface area contributed by atoms with Crippen LogP contribution in [0.3, 0.4) is 0 Å². The van der Waals surface area contributed by atoms with Crippen LogP contribution in [0, 0.1) is 11.7 Å². The zero-order valence-electron chi connectivity index (χ0n) is 13.3. The highest BCUT2D eigenvalue weighted by Crippen LogP contribution is 2.24. The minimum absolute atomic E-state index is 0. The van der Waals surface area contributed by atoms with Gasteiger partial charge < -0.3 is 10.6 Å². The summed E-state index contributed by atoms with van der Waals surface area (Å²) in [4.78, 5) is 14.3. The quantitative estimate of drug-likeness (QED) is 0.855. The summed E-state index contributed by atoms with van der Waals surface area (Å²) in [7, 11) is 0. The van der Waals surface area contributed by atoms with Gasteiger partial charge >= 0.3 is 0 Å². The van der Waals surface area contributed by atoms with E-state index in [1.807, 2.05) is 0 Å². The Morgan fingerprint density at radius 3 is 2.87 bits per heavy atom. The van der Waals surface area contributed by atoms with Crippen LogP contribution in [0.2, 0.25) is 0 Å². The normalized spacial score (nSPS) is 23.9. The van der Waals surface area contributed by atoms with E-state index in [0.717, 1.165) is 38.0 Å². The smallest absolute Gasteiger partial charge is 0.234 e. The molecule has 0 aromatic heterocycles. The van der Waals surface area contributed by atoms with E-state index in [1.165, 1.54) is 18.6 Å². The molecule has 2 aliphatic heterocycles. The molecule has 0 bridgehead atoms. The zero-order valence-corrected chi connectivity index (χ0v) is 14.1. The summed E-state index contributed by atoms with van der Waals surface area (Å²) < 4.78 is 12.8. The average molecular weight is 342 g/mol. The van der Waals surface area contributed by atoms with Crippen molar-refractivity contribution in [2.24, 2.45) is 5.92 Å². The third-order valence-electron chi connectivity index (χ3n) is 4.76. The van der Waals surface area contributed by atoms with E-state index in [2.05, 4.69) is 15.5 Å². The number of rotatable bonds is 5. The summed E-state index contributed by atoms with van der Waals surface area (Å²) in [6.45, 7) is 4.24. The lowest BCUT2D eigenvalue weighted by Crippen LogP contribution is -2.48. The Labute approximate surface area is 143 Å². The third kappa shape index (κ3) is 5.16. The summed E-state index contributed by atoms with van der Waals surface area (Å²) in [5.41, 5.74) is 1.04. The third-order valence-corrected chi connectivity index (χ3v) is 4.76. The average Bonchev–Trinajstić information content (AvgIpc) is 2.97. The number of likely N-dealkylation sites (tertiary alicyclic amines) is 1. The second kappa shape index (κ2) is 8.62. The van der Waals surface area contributed by atoms with Crippen LogP contribution >= 0.6 is 12.4 Å². The first-order valence-electron chi connectivity index (χ1n) is 8.17. The molecule has 128 valence electrons. The maximum absolute atomic E-state index is 12.8. The monoisotopic (exact) mass is 341 g/mol. The van der Waals surface area contributed by atoms with Gasteiger partial charge in [0.2, 0.25) is 5.91 Å². The van der Waals surface area contributed by atoms with Crippen LogP contribution in [-0.2, 0) is 11.2 Å². The van der Waals surface area contributed by atoms with Crippen molar-refractivity contribution in [3.05, 3.63) is 35.6 Å². The van der Waals surface area contributed by atoms with Gasteiger partial charge in [-0.05, 0) is 49.4 Å². The summed E-state index contributed by atoms with van der Waals surface area (Å²) in [6, 6.07) is 7.10. The molecule has 2 unspecified atom stereocenters. The molecule has 0 saturated carbocycles. The molecular weight excluding hydrogens is 317 g/mol. The van der Waals surface area contributed by atoms with Crippen LogP contribution in [0.1, 0.15) is 18.4 Å². The van der Waals surface area contributed by atoms with Crippen LogP contribution in [-0.4, -0.2) is 49.6 Å². The second-order valence-electron chi connectivity index (χ2n) is 6.36. The van der Waals surface area contributed by atoms with Gasteiger partial charge in [0.1, 0.15) is 5.82 Å². The van der Waals surface area contributed by atoms with Crippen molar-refractivity contribution in [3.8, 4) is 0 Å². The van der Waals surface area contributed by atoms with Gasteiger partial charge in [-0.2, -0.15) is 0 Å². The predicted molar refractivity (Wildman–Crippen MR) is 91.3 cm³/mol. The number of nitrogens with one attached hydrogen (secondary N) is 2. The van der Waals surface area contributed by atoms with Gasteiger partial charge in [0.05, 0.1) is 6.54 Å². The molecule has 23 heavy (non-hydrogen) atoms. The molecule has 1 aromatic rings. The number of nitrogens with zero attached hydrogens (tertiary/aromatic N) is 1. The molecule has 2 heterocycles. The molecule has 0 spiro atoms. The summed E-state index contributed by atoms with van der Waals surface area (Å²) >= 11 is 0. The van der Waals surface area contributed by atoms with Crippen LogP contribution in [0.4, 0.5) is 4.39 Å². The zero-order chi connectivity index (χ0) is 15.4. The molecule has 4 nitrogen and oxygen atoms in total. The van der Waals surface area contributed by atoms with E-state index in [0.29, 0.717) is 25.0 Å². The van der Waals surface area contributed by atoms with Crippen molar-refractivity contribution in [2.75, 3.05) is 32.7 Å². The minimum Gasteiger partial charge on any atom is -0.355 e. The van der Waals surface area contributed by atoms with Crippen LogP contribution in [0.15, 0.2) is 24.3 Å².